The van der Waals surface area contributed by atoms with Gasteiger partial charge in [0, 0.05) is 5.69 Å². The molecule has 32 heavy (non-hydrogen) atoms. The molecule has 0 unspecified atom stereocenters. The van der Waals surface area contributed by atoms with Gasteiger partial charge in [0.1, 0.15) is 0 Å². The SMILES string of the molecule is CCOC(=O)c1cccc(-n2nnnc2C2(Nc3cc(C)cc(C)c3)CCC(C)CC2)c1. The summed E-state index contributed by atoms with van der Waals surface area (Å²) in [6.45, 7) is 8.65. The molecule has 7 heteroatoms. The van der Waals surface area contributed by atoms with E-state index in [0.717, 1.165) is 42.9 Å². The molecule has 0 atom stereocenters. The molecule has 168 valence electrons. The average Bonchev–Trinajstić information content (AvgIpc) is 3.26. The Bertz CT molecular complexity index is 1080. The number of aryl methyl sites for hydroxylation is 2. The Labute approximate surface area is 189 Å². The second kappa shape index (κ2) is 9.10. The summed E-state index contributed by atoms with van der Waals surface area (Å²) in [7, 11) is 0. The molecule has 0 bridgehead atoms. The van der Waals surface area contributed by atoms with Gasteiger partial charge in [0.2, 0.25) is 0 Å². The molecular formula is C25H31N5O2. The first kappa shape index (κ1) is 22.0. The fourth-order valence-corrected chi connectivity index (χ4v) is 4.62. The number of hydrogen-bond acceptors (Lipinski definition) is 6. The molecule has 1 aliphatic carbocycles. The fraction of sp³-hybridized carbons (Fsp3) is 0.440. The maximum absolute atomic E-state index is 12.3. The topological polar surface area (TPSA) is 81.9 Å². The summed E-state index contributed by atoms with van der Waals surface area (Å²) < 4.78 is 6.93. The average molecular weight is 434 g/mol. The summed E-state index contributed by atoms with van der Waals surface area (Å²) in [6, 6.07) is 13.8. The number of anilines is 1. The Kier molecular flexibility index (Phi) is 6.26. The van der Waals surface area contributed by atoms with Crippen molar-refractivity contribution in [2.75, 3.05) is 11.9 Å². The van der Waals surface area contributed by atoms with Gasteiger partial charge in [-0.2, -0.15) is 4.68 Å². The lowest BCUT2D eigenvalue weighted by Gasteiger charge is -2.39. The zero-order chi connectivity index (χ0) is 22.7. The minimum absolute atomic E-state index is 0.334. The van der Waals surface area contributed by atoms with Crippen LogP contribution in [0.15, 0.2) is 42.5 Å². The van der Waals surface area contributed by atoms with Crippen molar-refractivity contribution in [2.24, 2.45) is 5.92 Å². The highest BCUT2D eigenvalue weighted by Gasteiger charge is 2.41. The molecule has 0 saturated heterocycles. The first-order valence-corrected chi connectivity index (χ1v) is 11.3. The largest absolute Gasteiger partial charge is 0.462 e. The van der Waals surface area contributed by atoms with Gasteiger partial charge in [-0.25, -0.2) is 4.79 Å². The Balaban J connectivity index is 1.75. The molecule has 1 N–H and O–H groups in total. The van der Waals surface area contributed by atoms with E-state index in [9.17, 15) is 4.79 Å². The van der Waals surface area contributed by atoms with E-state index in [2.05, 4.69) is 59.8 Å². The Morgan fingerprint density at radius 3 is 2.56 bits per heavy atom. The van der Waals surface area contributed by atoms with Crippen molar-refractivity contribution in [3.8, 4) is 5.69 Å². The van der Waals surface area contributed by atoms with Gasteiger partial charge in [-0.1, -0.05) is 19.1 Å². The van der Waals surface area contributed by atoms with Crippen molar-refractivity contribution in [1.82, 2.24) is 20.2 Å². The lowest BCUT2D eigenvalue weighted by Crippen LogP contribution is -2.41. The number of hydrogen-bond donors (Lipinski definition) is 1. The number of benzene rings is 2. The van der Waals surface area contributed by atoms with Gasteiger partial charge in [0.15, 0.2) is 5.82 Å². The molecule has 1 fully saturated rings. The molecule has 1 heterocycles. The number of carbonyl (C=O) groups is 1. The van der Waals surface area contributed by atoms with Gasteiger partial charge in [-0.15, -0.1) is 5.10 Å². The van der Waals surface area contributed by atoms with Gasteiger partial charge < -0.3 is 10.1 Å². The van der Waals surface area contributed by atoms with Crippen LogP contribution < -0.4 is 5.32 Å². The van der Waals surface area contributed by atoms with Gasteiger partial charge in [-0.3, -0.25) is 0 Å². The Morgan fingerprint density at radius 2 is 1.88 bits per heavy atom. The lowest BCUT2D eigenvalue weighted by molar-refractivity contribution is 0.0526. The Morgan fingerprint density at radius 1 is 1.16 bits per heavy atom. The van der Waals surface area contributed by atoms with Crippen molar-refractivity contribution in [3.63, 3.8) is 0 Å². The number of rotatable bonds is 6. The number of esters is 1. The summed E-state index contributed by atoms with van der Waals surface area (Å²) in [5.41, 5.74) is 4.35. The number of nitrogens with zero attached hydrogens (tertiary/aromatic N) is 4. The van der Waals surface area contributed by atoms with E-state index < -0.39 is 5.54 Å². The quantitative estimate of drug-likeness (QED) is 0.553. The van der Waals surface area contributed by atoms with Crippen molar-refractivity contribution in [1.29, 1.82) is 0 Å². The van der Waals surface area contributed by atoms with Crippen LogP contribution in [-0.4, -0.2) is 32.8 Å². The summed E-state index contributed by atoms with van der Waals surface area (Å²) in [6.07, 6.45) is 4.04. The fourth-order valence-electron chi connectivity index (χ4n) is 4.62. The normalized spacial score (nSPS) is 20.7. The summed E-state index contributed by atoms with van der Waals surface area (Å²) in [5.74, 6) is 1.09. The maximum atomic E-state index is 12.3. The van der Waals surface area contributed by atoms with Crippen LogP contribution in [0.2, 0.25) is 0 Å². The van der Waals surface area contributed by atoms with Crippen LogP contribution in [0, 0.1) is 19.8 Å². The van der Waals surface area contributed by atoms with E-state index in [4.69, 9.17) is 4.74 Å². The van der Waals surface area contributed by atoms with Crippen molar-refractivity contribution in [3.05, 3.63) is 65.0 Å². The third-order valence-corrected chi connectivity index (χ3v) is 6.23. The van der Waals surface area contributed by atoms with Crippen LogP contribution in [-0.2, 0) is 10.3 Å². The molecule has 0 amide bonds. The predicted molar refractivity (Wildman–Crippen MR) is 124 cm³/mol. The van der Waals surface area contributed by atoms with E-state index in [0.29, 0.717) is 18.1 Å². The van der Waals surface area contributed by atoms with Gasteiger partial charge in [-0.05, 0) is 104 Å². The molecule has 7 nitrogen and oxygen atoms in total. The van der Waals surface area contributed by atoms with Gasteiger partial charge in [0.25, 0.3) is 0 Å². The molecule has 1 aliphatic rings. The molecule has 0 radical (unpaired) electrons. The summed E-state index contributed by atoms with van der Waals surface area (Å²) in [5, 5.41) is 16.6. The summed E-state index contributed by atoms with van der Waals surface area (Å²) >= 11 is 0. The number of nitrogens with one attached hydrogen (secondary N) is 1. The second-order valence-electron chi connectivity index (χ2n) is 8.95. The van der Waals surface area contributed by atoms with E-state index in [1.807, 2.05) is 12.1 Å². The van der Waals surface area contributed by atoms with Crippen LogP contribution in [0.4, 0.5) is 5.69 Å². The maximum Gasteiger partial charge on any atom is 0.338 e. The minimum atomic E-state index is -0.393. The predicted octanol–water partition coefficient (Wildman–Crippen LogP) is 4.97. The highest BCUT2D eigenvalue weighted by Crippen LogP contribution is 2.41. The van der Waals surface area contributed by atoms with Crippen LogP contribution in [0.3, 0.4) is 0 Å². The van der Waals surface area contributed by atoms with Gasteiger partial charge >= 0.3 is 5.97 Å². The van der Waals surface area contributed by atoms with Crippen LogP contribution in [0.1, 0.15) is 66.8 Å². The smallest absolute Gasteiger partial charge is 0.338 e. The molecule has 4 rings (SSSR count). The molecule has 2 aromatic carbocycles. The molecule has 0 aliphatic heterocycles. The van der Waals surface area contributed by atoms with Crippen LogP contribution in [0.25, 0.3) is 5.69 Å². The summed E-state index contributed by atoms with van der Waals surface area (Å²) in [4.78, 5) is 12.3. The van der Waals surface area contributed by atoms with Gasteiger partial charge in [0.05, 0.1) is 23.4 Å². The van der Waals surface area contributed by atoms with E-state index >= 15 is 0 Å². The molecule has 0 spiro atoms. The van der Waals surface area contributed by atoms with Crippen molar-refractivity contribution >= 4 is 11.7 Å². The zero-order valence-corrected chi connectivity index (χ0v) is 19.3. The molecule has 1 aromatic heterocycles. The number of carbonyl (C=O) groups excluding carboxylic acids is 1. The zero-order valence-electron chi connectivity index (χ0n) is 19.3. The molecule has 3 aromatic rings. The molecule has 1 saturated carbocycles. The number of tetrazole rings is 1. The first-order chi connectivity index (χ1) is 15.4. The third-order valence-electron chi connectivity index (χ3n) is 6.23. The minimum Gasteiger partial charge on any atom is -0.462 e. The van der Waals surface area contributed by atoms with Crippen LogP contribution >= 0.6 is 0 Å². The highest BCUT2D eigenvalue weighted by molar-refractivity contribution is 5.90. The molecular weight excluding hydrogens is 402 g/mol. The first-order valence-electron chi connectivity index (χ1n) is 11.3. The Hall–Kier alpha value is -3.22. The highest BCUT2D eigenvalue weighted by atomic mass is 16.5. The number of ether oxygens (including phenoxy) is 1. The van der Waals surface area contributed by atoms with E-state index in [1.165, 1.54) is 11.1 Å². The lowest BCUT2D eigenvalue weighted by atomic mass is 9.76. The monoisotopic (exact) mass is 433 g/mol. The van der Waals surface area contributed by atoms with E-state index in [1.54, 1.807) is 23.7 Å². The van der Waals surface area contributed by atoms with Crippen molar-refractivity contribution in [2.45, 2.75) is 58.9 Å². The second-order valence-corrected chi connectivity index (χ2v) is 8.95. The third kappa shape index (κ3) is 4.52. The van der Waals surface area contributed by atoms with Crippen molar-refractivity contribution < 1.29 is 9.53 Å². The van der Waals surface area contributed by atoms with Crippen LogP contribution in [0.5, 0.6) is 0 Å². The van der Waals surface area contributed by atoms with E-state index in [-0.39, 0.29) is 5.97 Å². The number of aromatic nitrogens is 4. The standard InChI is InChI=1S/C25H31N5O2/c1-5-32-23(31)20-7-6-8-22(16-20)30-24(27-28-29-30)25(11-9-17(2)10-12-25)26-21-14-18(3)13-19(4)15-21/h6-8,13-17,26H,5,9-12H2,1-4H3.